The highest BCUT2D eigenvalue weighted by molar-refractivity contribution is 7.98. The summed E-state index contributed by atoms with van der Waals surface area (Å²) in [5, 5.41) is 16.0. The number of aromatic nitrogens is 4. The Morgan fingerprint density at radius 3 is 2.83 bits per heavy atom. The Morgan fingerprint density at radius 1 is 1.21 bits per heavy atom. The van der Waals surface area contributed by atoms with Gasteiger partial charge in [0.25, 0.3) is 5.91 Å². The number of hydrogen-bond acceptors (Lipinski definition) is 6. The predicted molar refractivity (Wildman–Crippen MR) is 112 cm³/mol. The number of carbonyl (C=O) groups excluding carboxylic acids is 1. The standard InChI is InChI=1S/C20H16FN5OS2/c1-13-23-24-25-26(13)14-8-9-17(21)18(11-14)22-20(27)16-6-2-3-7-19(16)29-12-15-5-4-10-28-15/h2-11H,12H2,1H3,(H,22,27). The second-order valence-electron chi connectivity index (χ2n) is 6.12. The van der Waals surface area contributed by atoms with Crippen molar-refractivity contribution in [2.45, 2.75) is 17.6 Å². The van der Waals surface area contributed by atoms with E-state index in [1.54, 1.807) is 48.2 Å². The zero-order valence-electron chi connectivity index (χ0n) is 15.4. The maximum atomic E-state index is 14.3. The Kier molecular flexibility index (Phi) is 5.68. The fraction of sp³-hybridized carbons (Fsp3) is 0.100. The van der Waals surface area contributed by atoms with Gasteiger partial charge in [-0.05, 0) is 59.1 Å². The first-order valence-electron chi connectivity index (χ1n) is 8.72. The lowest BCUT2D eigenvalue weighted by Crippen LogP contribution is -2.14. The normalized spacial score (nSPS) is 10.8. The molecule has 0 unspecified atom stereocenters. The topological polar surface area (TPSA) is 72.7 Å². The van der Waals surface area contributed by atoms with E-state index >= 15 is 0 Å². The molecule has 2 heterocycles. The lowest BCUT2D eigenvalue weighted by molar-refractivity contribution is 0.102. The molecular weight excluding hydrogens is 409 g/mol. The van der Waals surface area contributed by atoms with Crippen LogP contribution in [-0.4, -0.2) is 26.1 Å². The van der Waals surface area contributed by atoms with Gasteiger partial charge in [0.1, 0.15) is 5.82 Å². The molecule has 0 radical (unpaired) electrons. The van der Waals surface area contributed by atoms with Crippen LogP contribution < -0.4 is 5.32 Å². The van der Waals surface area contributed by atoms with E-state index in [0.29, 0.717) is 17.1 Å². The van der Waals surface area contributed by atoms with E-state index in [2.05, 4.69) is 26.9 Å². The average molecular weight is 426 g/mol. The molecule has 1 amide bonds. The number of thioether (sulfide) groups is 1. The van der Waals surface area contributed by atoms with E-state index in [1.165, 1.54) is 21.7 Å². The van der Waals surface area contributed by atoms with Crippen LogP contribution in [-0.2, 0) is 5.75 Å². The van der Waals surface area contributed by atoms with Crippen molar-refractivity contribution in [1.29, 1.82) is 0 Å². The van der Waals surface area contributed by atoms with E-state index < -0.39 is 5.82 Å². The predicted octanol–water partition coefficient (Wildman–Crippen LogP) is 4.72. The van der Waals surface area contributed by atoms with Crippen molar-refractivity contribution in [2.75, 3.05) is 5.32 Å². The van der Waals surface area contributed by atoms with Crippen LogP contribution in [0, 0.1) is 12.7 Å². The Morgan fingerprint density at radius 2 is 2.07 bits per heavy atom. The molecule has 0 bridgehead atoms. The van der Waals surface area contributed by atoms with Crippen LogP contribution in [0.25, 0.3) is 5.69 Å². The van der Waals surface area contributed by atoms with Gasteiger partial charge in [-0.15, -0.1) is 28.2 Å². The first-order valence-corrected chi connectivity index (χ1v) is 10.6. The SMILES string of the molecule is Cc1nnnn1-c1ccc(F)c(NC(=O)c2ccccc2SCc2cccs2)c1. The number of nitrogens with one attached hydrogen (secondary N) is 1. The number of amides is 1. The van der Waals surface area contributed by atoms with Crippen molar-refractivity contribution in [2.24, 2.45) is 0 Å². The molecule has 0 aliphatic rings. The van der Waals surface area contributed by atoms with Crippen LogP contribution in [0.15, 0.2) is 64.9 Å². The zero-order valence-corrected chi connectivity index (χ0v) is 17.0. The van der Waals surface area contributed by atoms with Gasteiger partial charge in [-0.2, -0.15) is 4.68 Å². The summed E-state index contributed by atoms with van der Waals surface area (Å²) in [6.07, 6.45) is 0. The number of aryl methyl sites for hydroxylation is 1. The molecule has 29 heavy (non-hydrogen) atoms. The van der Waals surface area contributed by atoms with E-state index in [-0.39, 0.29) is 11.6 Å². The minimum Gasteiger partial charge on any atom is -0.319 e. The fourth-order valence-corrected chi connectivity index (χ4v) is 4.55. The minimum atomic E-state index is -0.531. The second kappa shape index (κ2) is 8.54. The van der Waals surface area contributed by atoms with Crippen molar-refractivity contribution in [3.8, 4) is 5.69 Å². The molecule has 0 saturated carbocycles. The molecule has 0 saturated heterocycles. The summed E-state index contributed by atoms with van der Waals surface area (Å²) in [5.74, 6) is 0.425. The Labute approximate surface area is 174 Å². The number of halogens is 1. The molecule has 4 rings (SSSR count). The third-order valence-electron chi connectivity index (χ3n) is 4.15. The van der Waals surface area contributed by atoms with E-state index in [1.807, 2.05) is 23.6 Å². The number of thiophene rings is 1. The van der Waals surface area contributed by atoms with E-state index in [9.17, 15) is 9.18 Å². The van der Waals surface area contributed by atoms with Crippen LogP contribution in [0.5, 0.6) is 0 Å². The van der Waals surface area contributed by atoms with Crippen molar-refractivity contribution in [1.82, 2.24) is 20.2 Å². The molecular formula is C20H16FN5OS2. The zero-order chi connectivity index (χ0) is 20.2. The van der Waals surface area contributed by atoms with Crippen molar-refractivity contribution in [3.63, 3.8) is 0 Å². The van der Waals surface area contributed by atoms with E-state index in [4.69, 9.17) is 0 Å². The molecule has 6 nitrogen and oxygen atoms in total. The summed E-state index contributed by atoms with van der Waals surface area (Å²) in [4.78, 5) is 14.9. The molecule has 0 aliphatic carbocycles. The maximum Gasteiger partial charge on any atom is 0.256 e. The smallest absolute Gasteiger partial charge is 0.256 e. The Balaban J connectivity index is 1.56. The van der Waals surface area contributed by atoms with Gasteiger partial charge in [0, 0.05) is 15.5 Å². The monoisotopic (exact) mass is 425 g/mol. The number of rotatable bonds is 6. The van der Waals surface area contributed by atoms with Gasteiger partial charge in [0.15, 0.2) is 5.82 Å². The highest BCUT2D eigenvalue weighted by Crippen LogP contribution is 2.29. The van der Waals surface area contributed by atoms with Gasteiger partial charge in [0.05, 0.1) is 16.9 Å². The van der Waals surface area contributed by atoms with Crippen LogP contribution in [0.4, 0.5) is 10.1 Å². The Bertz CT molecular complexity index is 1140. The lowest BCUT2D eigenvalue weighted by Gasteiger charge is -2.11. The van der Waals surface area contributed by atoms with Crippen molar-refractivity contribution in [3.05, 3.63) is 82.1 Å². The summed E-state index contributed by atoms with van der Waals surface area (Å²) in [6.45, 7) is 1.74. The highest BCUT2D eigenvalue weighted by atomic mass is 32.2. The van der Waals surface area contributed by atoms with Crippen LogP contribution in [0.3, 0.4) is 0 Å². The molecule has 4 aromatic rings. The fourth-order valence-electron chi connectivity index (χ4n) is 2.72. The molecule has 2 aromatic carbocycles. The quantitative estimate of drug-likeness (QED) is 0.453. The first kappa shape index (κ1) is 19.3. The number of hydrogen-bond donors (Lipinski definition) is 1. The van der Waals surface area contributed by atoms with Crippen molar-refractivity contribution >= 4 is 34.7 Å². The number of tetrazole rings is 1. The van der Waals surface area contributed by atoms with Gasteiger partial charge >= 0.3 is 0 Å². The third kappa shape index (κ3) is 4.36. The number of nitrogens with zero attached hydrogens (tertiary/aromatic N) is 4. The molecule has 0 atom stereocenters. The summed E-state index contributed by atoms with van der Waals surface area (Å²) in [6, 6.07) is 15.7. The summed E-state index contributed by atoms with van der Waals surface area (Å²) >= 11 is 3.25. The number of anilines is 1. The summed E-state index contributed by atoms with van der Waals surface area (Å²) in [5.41, 5.74) is 1.13. The highest BCUT2D eigenvalue weighted by Gasteiger charge is 2.15. The largest absolute Gasteiger partial charge is 0.319 e. The van der Waals surface area contributed by atoms with Gasteiger partial charge in [-0.3, -0.25) is 4.79 Å². The first-order chi connectivity index (χ1) is 14.1. The van der Waals surface area contributed by atoms with Crippen LogP contribution in [0.1, 0.15) is 21.1 Å². The van der Waals surface area contributed by atoms with Crippen LogP contribution >= 0.6 is 23.1 Å². The van der Waals surface area contributed by atoms with Gasteiger partial charge in [0.2, 0.25) is 0 Å². The molecule has 2 aromatic heterocycles. The number of benzene rings is 2. The summed E-state index contributed by atoms with van der Waals surface area (Å²) < 4.78 is 15.8. The molecule has 9 heteroatoms. The maximum absolute atomic E-state index is 14.3. The van der Waals surface area contributed by atoms with Crippen molar-refractivity contribution < 1.29 is 9.18 Å². The van der Waals surface area contributed by atoms with Gasteiger partial charge in [-0.25, -0.2) is 4.39 Å². The molecule has 1 N–H and O–H groups in total. The van der Waals surface area contributed by atoms with E-state index in [0.717, 1.165) is 10.6 Å². The van der Waals surface area contributed by atoms with Gasteiger partial charge < -0.3 is 5.32 Å². The minimum absolute atomic E-state index is 0.0699. The second-order valence-corrected chi connectivity index (χ2v) is 8.17. The molecule has 0 spiro atoms. The Hall–Kier alpha value is -3.04. The van der Waals surface area contributed by atoms with Crippen LogP contribution in [0.2, 0.25) is 0 Å². The molecule has 146 valence electrons. The van der Waals surface area contributed by atoms with Gasteiger partial charge in [-0.1, -0.05) is 18.2 Å². The molecule has 0 fully saturated rings. The number of carbonyl (C=O) groups is 1. The third-order valence-corrected chi connectivity index (χ3v) is 6.33. The molecule has 0 aliphatic heterocycles. The lowest BCUT2D eigenvalue weighted by atomic mass is 10.2. The summed E-state index contributed by atoms with van der Waals surface area (Å²) in [7, 11) is 0. The average Bonchev–Trinajstić information content (AvgIpc) is 3.40.